The van der Waals surface area contributed by atoms with E-state index in [1.165, 1.54) is 12.1 Å². The Bertz CT molecular complexity index is 498. The second kappa shape index (κ2) is 6.33. The first-order chi connectivity index (χ1) is 9.60. The molecule has 2 rings (SSSR count). The molecule has 1 heterocycles. The number of likely N-dealkylation sites (tertiary alicyclic amines) is 1. The van der Waals surface area contributed by atoms with Crippen LogP contribution in [0.3, 0.4) is 0 Å². The maximum Gasteiger partial charge on any atom is 0.321 e. The molecule has 0 bridgehead atoms. The SMILES string of the molecule is NCC1CCN(C(=O)Nc2cccc([N+](=O)[O-])c2)CC1. The number of benzene rings is 1. The number of non-ortho nitro benzene ring substituents is 1. The summed E-state index contributed by atoms with van der Waals surface area (Å²) in [5.41, 5.74) is 6.01. The molecule has 0 saturated carbocycles. The van der Waals surface area contributed by atoms with E-state index in [9.17, 15) is 14.9 Å². The van der Waals surface area contributed by atoms with Gasteiger partial charge in [0.15, 0.2) is 0 Å². The lowest BCUT2D eigenvalue weighted by atomic mass is 9.97. The summed E-state index contributed by atoms with van der Waals surface area (Å²) in [6.45, 7) is 1.99. The number of hydrogen-bond acceptors (Lipinski definition) is 4. The lowest BCUT2D eigenvalue weighted by Crippen LogP contribution is -2.42. The molecule has 1 aromatic rings. The minimum absolute atomic E-state index is 0.0374. The largest absolute Gasteiger partial charge is 0.330 e. The summed E-state index contributed by atoms with van der Waals surface area (Å²) in [6, 6.07) is 5.71. The molecule has 1 aromatic carbocycles. The predicted molar refractivity (Wildman–Crippen MR) is 75.5 cm³/mol. The van der Waals surface area contributed by atoms with Crippen molar-refractivity contribution in [3.8, 4) is 0 Å². The predicted octanol–water partition coefficient (Wildman–Crippen LogP) is 1.80. The van der Waals surface area contributed by atoms with E-state index in [2.05, 4.69) is 5.32 Å². The van der Waals surface area contributed by atoms with Crippen molar-refractivity contribution in [1.82, 2.24) is 4.90 Å². The van der Waals surface area contributed by atoms with Gasteiger partial charge in [-0.1, -0.05) is 6.07 Å². The molecular formula is C13H18N4O3. The van der Waals surface area contributed by atoms with E-state index in [4.69, 9.17) is 5.73 Å². The van der Waals surface area contributed by atoms with Crippen molar-refractivity contribution < 1.29 is 9.72 Å². The average Bonchev–Trinajstić information content (AvgIpc) is 2.47. The highest BCUT2D eigenvalue weighted by Crippen LogP contribution is 2.19. The van der Waals surface area contributed by atoms with E-state index in [1.54, 1.807) is 17.0 Å². The van der Waals surface area contributed by atoms with Crippen molar-refractivity contribution in [3.05, 3.63) is 34.4 Å². The highest BCUT2D eigenvalue weighted by molar-refractivity contribution is 5.89. The number of piperidine rings is 1. The zero-order chi connectivity index (χ0) is 14.5. The zero-order valence-corrected chi connectivity index (χ0v) is 11.1. The van der Waals surface area contributed by atoms with Crippen LogP contribution in [0.25, 0.3) is 0 Å². The summed E-state index contributed by atoms with van der Waals surface area (Å²) in [6.07, 6.45) is 1.80. The van der Waals surface area contributed by atoms with Gasteiger partial charge in [0.1, 0.15) is 0 Å². The Morgan fingerprint density at radius 1 is 1.45 bits per heavy atom. The molecule has 1 aliphatic rings. The topological polar surface area (TPSA) is 102 Å². The molecule has 7 nitrogen and oxygen atoms in total. The molecule has 7 heteroatoms. The lowest BCUT2D eigenvalue weighted by molar-refractivity contribution is -0.384. The van der Waals surface area contributed by atoms with E-state index < -0.39 is 4.92 Å². The fraction of sp³-hybridized carbons (Fsp3) is 0.462. The van der Waals surface area contributed by atoms with Crippen molar-refractivity contribution in [2.24, 2.45) is 11.7 Å². The van der Waals surface area contributed by atoms with Crippen LogP contribution >= 0.6 is 0 Å². The molecule has 1 aliphatic heterocycles. The van der Waals surface area contributed by atoms with Gasteiger partial charge in [-0.25, -0.2) is 4.79 Å². The van der Waals surface area contributed by atoms with Crippen molar-refractivity contribution >= 4 is 17.4 Å². The van der Waals surface area contributed by atoms with Crippen LogP contribution in [0.1, 0.15) is 12.8 Å². The van der Waals surface area contributed by atoms with Crippen LogP contribution in [-0.4, -0.2) is 35.5 Å². The number of carbonyl (C=O) groups excluding carboxylic acids is 1. The summed E-state index contributed by atoms with van der Waals surface area (Å²) in [7, 11) is 0. The first-order valence-corrected chi connectivity index (χ1v) is 6.60. The van der Waals surface area contributed by atoms with Crippen molar-refractivity contribution in [2.75, 3.05) is 25.0 Å². The monoisotopic (exact) mass is 278 g/mol. The van der Waals surface area contributed by atoms with E-state index in [0.29, 0.717) is 31.2 Å². The number of carbonyl (C=O) groups is 1. The van der Waals surface area contributed by atoms with Crippen LogP contribution in [0.5, 0.6) is 0 Å². The summed E-state index contributed by atoms with van der Waals surface area (Å²) in [5.74, 6) is 0.483. The first-order valence-electron chi connectivity index (χ1n) is 6.60. The van der Waals surface area contributed by atoms with Crippen LogP contribution in [-0.2, 0) is 0 Å². The smallest absolute Gasteiger partial charge is 0.321 e. The van der Waals surface area contributed by atoms with Gasteiger partial charge in [0, 0.05) is 30.9 Å². The normalized spacial score (nSPS) is 15.9. The third-order valence-corrected chi connectivity index (χ3v) is 3.54. The van der Waals surface area contributed by atoms with Gasteiger partial charge in [-0.3, -0.25) is 10.1 Å². The van der Waals surface area contributed by atoms with Gasteiger partial charge in [-0.2, -0.15) is 0 Å². The number of amides is 2. The van der Waals surface area contributed by atoms with E-state index in [-0.39, 0.29) is 11.7 Å². The van der Waals surface area contributed by atoms with E-state index in [0.717, 1.165) is 12.8 Å². The van der Waals surface area contributed by atoms with Gasteiger partial charge in [-0.05, 0) is 31.4 Å². The van der Waals surface area contributed by atoms with Gasteiger partial charge >= 0.3 is 6.03 Å². The van der Waals surface area contributed by atoms with Crippen molar-refractivity contribution in [3.63, 3.8) is 0 Å². The Morgan fingerprint density at radius 2 is 2.15 bits per heavy atom. The average molecular weight is 278 g/mol. The lowest BCUT2D eigenvalue weighted by Gasteiger charge is -2.31. The van der Waals surface area contributed by atoms with Gasteiger partial charge in [0.2, 0.25) is 0 Å². The van der Waals surface area contributed by atoms with Gasteiger partial charge in [0.05, 0.1) is 4.92 Å². The Hall–Kier alpha value is -2.15. The maximum atomic E-state index is 12.1. The number of nitrogens with one attached hydrogen (secondary N) is 1. The number of hydrogen-bond donors (Lipinski definition) is 2. The van der Waals surface area contributed by atoms with Crippen molar-refractivity contribution in [1.29, 1.82) is 0 Å². The highest BCUT2D eigenvalue weighted by Gasteiger charge is 2.22. The quantitative estimate of drug-likeness (QED) is 0.650. The number of urea groups is 1. The molecule has 108 valence electrons. The second-order valence-corrected chi connectivity index (χ2v) is 4.90. The molecule has 1 fully saturated rings. The van der Waals surface area contributed by atoms with Gasteiger partial charge in [0.25, 0.3) is 5.69 Å². The molecule has 0 radical (unpaired) electrons. The fourth-order valence-corrected chi connectivity index (χ4v) is 2.27. The maximum absolute atomic E-state index is 12.1. The Morgan fingerprint density at radius 3 is 2.75 bits per heavy atom. The molecule has 20 heavy (non-hydrogen) atoms. The minimum Gasteiger partial charge on any atom is -0.330 e. The van der Waals surface area contributed by atoms with E-state index >= 15 is 0 Å². The fourth-order valence-electron chi connectivity index (χ4n) is 2.27. The summed E-state index contributed by atoms with van der Waals surface area (Å²) >= 11 is 0. The molecule has 2 amide bonds. The van der Waals surface area contributed by atoms with Crippen LogP contribution in [0.4, 0.5) is 16.2 Å². The summed E-state index contributed by atoms with van der Waals surface area (Å²) in [4.78, 5) is 24.0. The molecule has 0 aromatic heterocycles. The van der Waals surface area contributed by atoms with Crippen molar-refractivity contribution in [2.45, 2.75) is 12.8 Å². The number of rotatable bonds is 3. The minimum atomic E-state index is -0.484. The van der Waals surface area contributed by atoms with Gasteiger partial charge in [-0.15, -0.1) is 0 Å². The Labute approximate surface area is 116 Å². The number of nitro benzene ring substituents is 1. The number of nitrogens with two attached hydrogens (primary N) is 1. The number of anilines is 1. The van der Waals surface area contributed by atoms with Gasteiger partial charge < -0.3 is 16.0 Å². The number of nitro groups is 1. The van der Waals surface area contributed by atoms with Crippen LogP contribution in [0.15, 0.2) is 24.3 Å². The molecule has 0 atom stereocenters. The molecule has 3 N–H and O–H groups in total. The molecule has 0 spiro atoms. The Balaban J connectivity index is 1.95. The molecule has 1 saturated heterocycles. The zero-order valence-electron chi connectivity index (χ0n) is 11.1. The number of nitrogens with zero attached hydrogens (tertiary/aromatic N) is 2. The third kappa shape index (κ3) is 3.45. The highest BCUT2D eigenvalue weighted by atomic mass is 16.6. The Kier molecular flexibility index (Phi) is 4.52. The van der Waals surface area contributed by atoms with E-state index in [1.807, 2.05) is 0 Å². The van der Waals surface area contributed by atoms with Crippen LogP contribution < -0.4 is 11.1 Å². The van der Waals surface area contributed by atoms with Crippen LogP contribution in [0.2, 0.25) is 0 Å². The molecule has 0 aliphatic carbocycles. The summed E-state index contributed by atoms with van der Waals surface area (Å²) in [5, 5.41) is 13.4. The summed E-state index contributed by atoms with van der Waals surface area (Å²) < 4.78 is 0. The first kappa shape index (κ1) is 14.3. The second-order valence-electron chi connectivity index (χ2n) is 4.90. The third-order valence-electron chi connectivity index (χ3n) is 3.54. The van der Waals surface area contributed by atoms with Crippen LogP contribution in [0, 0.1) is 16.0 Å². The standard InChI is InChI=1S/C13H18N4O3/c14-9-10-4-6-16(7-5-10)13(18)15-11-2-1-3-12(8-11)17(19)20/h1-3,8,10H,4-7,9,14H2,(H,15,18). The molecule has 0 unspecified atom stereocenters. The molecular weight excluding hydrogens is 260 g/mol.